The van der Waals surface area contributed by atoms with Gasteiger partial charge in [0.05, 0.1) is 0 Å². The largest absolute Gasteiger partial charge is 0.308 e. The third kappa shape index (κ3) is 3.11. The molecule has 0 saturated carbocycles. The van der Waals surface area contributed by atoms with Gasteiger partial charge in [-0.1, -0.05) is 6.92 Å². The molecule has 1 fully saturated rings. The van der Waals surface area contributed by atoms with Crippen molar-refractivity contribution in [2.75, 3.05) is 19.6 Å². The molecular weight excluding hydrogens is 148 g/mol. The second-order valence-corrected chi connectivity index (χ2v) is 4.77. The summed E-state index contributed by atoms with van der Waals surface area (Å²) >= 11 is 0. The first-order valence-corrected chi connectivity index (χ1v) is 5.01. The van der Waals surface area contributed by atoms with E-state index in [-0.39, 0.29) is 5.54 Å². The molecule has 72 valence electrons. The highest BCUT2D eigenvalue weighted by Crippen LogP contribution is 2.12. The summed E-state index contributed by atoms with van der Waals surface area (Å²) in [4.78, 5) is 2.50. The topological polar surface area (TPSA) is 15.3 Å². The van der Waals surface area contributed by atoms with Crippen LogP contribution in [-0.4, -0.2) is 36.1 Å². The Kier molecular flexibility index (Phi) is 3.13. The standard InChI is InChI=1S/C10H22N2/c1-5-12-7-6-9(8-12)11-10(2,3)4/h9,11H,5-8H2,1-4H3. The summed E-state index contributed by atoms with van der Waals surface area (Å²) < 4.78 is 0. The average Bonchev–Trinajstić information content (AvgIpc) is 2.32. The van der Waals surface area contributed by atoms with Crippen molar-refractivity contribution in [1.29, 1.82) is 0 Å². The number of rotatable bonds is 2. The number of nitrogens with one attached hydrogen (secondary N) is 1. The first-order valence-electron chi connectivity index (χ1n) is 5.01. The Hall–Kier alpha value is -0.0800. The molecule has 0 amide bonds. The number of hydrogen-bond donors (Lipinski definition) is 1. The van der Waals surface area contributed by atoms with Crippen molar-refractivity contribution in [2.24, 2.45) is 0 Å². The van der Waals surface area contributed by atoms with E-state index in [9.17, 15) is 0 Å². The fourth-order valence-corrected chi connectivity index (χ4v) is 1.85. The molecule has 1 unspecified atom stereocenters. The molecule has 0 aromatic rings. The van der Waals surface area contributed by atoms with Crippen LogP contribution >= 0.6 is 0 Å². The Labute approximate surface area is 76.3 Å². The summed E-state index contributed by atoms with van der Waals surface area (Å²) in [5.41, 5.74) is 0.272. The molecule has 1 rings (SSSR count). The maximum atomic E-state index is 3.64. The first-order chi connectivity index (χ1) is 5.51. The second-order valence-electron chi connectivity index (χ2n) is 4.77. The lowest BCUT2D eigenvalue weighted by Gasteiger charge is -2.25. The minimum atomic E-state index is 0.272. The quantitative estimate of drug-likeness (QED) is 0.675. The normalized spacial score (nSPS) is 26.5. The van der Waals surface area contributed by atoms with Gasteiger partial charge >= 0.3 is 0 Å². The SMILES string of the molecule is CCN1CCC(NC(C)(C)C)C1. The van der Waals surface area contributed by atoms with Crippen molar-refractivity contribution in [2.45, 2.75) is 45.7 Å². The Balaban J connectivity index is 2.28. The zero-order valence-corrected chi connectivity index (χ0v) is 8.85. The van der Waals surface area contributed by atoms with Crippen LogP contribution in [0.3, 0.4) is 0 Å². The number of hydrogen-bond acceptors (Lipinski definition) is 2. The van der Waals surface area contributed by atoms with Gasteiger partial charge in [0.15, 0.2) is 0 Å². The van der Waals surface area contributed by atoms with Crippen LogP contribution in [0.4, 0.5) is 0 Å². The van der Waals surface area contributed by atoms with E-state index in [4.69, 9.17) is 0 Å². The Morgan fingerprint density at radius 2 is 2.08 bits per heavy atom. The van der Waals surface area contributed by atoms with Gasteiger partial charge in [-0.05, 0) is 40.3 Å². The summed E-state index contributed by atoms with van der Waals surface area (Å²) in [6.45, 7) is 12.6. The van der Waals surface area contributed by atoms with E-state index in [0.717, 1.165) is 0 Å². The van der Waals surface area contributed by atoms with Gasteiger partial charge in [0.2, 0.25) is 0 Å². The van der Waals surface area contributed by atoms with Crippen LogP contribution in [0.15, 0.2) is 0 Å². The molecule has 12 heavy (non-hydrogen) atoms. The van der Waals surface area contributed by atoms with Crippen LogP contribution in [0.2, 0.25) is 0 Å². The van der Waals surface area contributed by atoms with Crippen molar-refractivity contribution < 1.29 is 0 Å². The smallest absolute Gasteiger partial charge is 0.0212 e. The van der Waals surface area contributed by atoms with E-state index in [1.54, 1.807) is 0 Å². The maximum absolute atomic E-state index is 3.64. The van der Waals surface area contributed by atoms with Gasteiger partial charge in [-0.2, -0.15) is 0 Å². The molecule has 1 aliphatic rings. The minimum absolute atomic E-state index is 0.272. The highest BCUT2D eigenvalue weighted by Gasteiger charge is 2.24. The van der Waals surface area contributed by atoms with Gasteiger partial charge in [-0.3, -0.25) is 0 Å². The van der Waals surface area contributed by atoms with Crippen LogP contribution in [0.25, 0.3) is 0 Å². The minimum Gasteiger partial charge on any atom is -0.308 e. The van der Waals surface area contributed by atoms with Gasteiger partial charge in [-0.25, -0.2) is 0 Å². The van der Waals surface area contributed by atoms with E-state index >= 15 is 0 Å². The molecule has 0 spiro atoms. The number of nitrogens with zero attached hydrogens (tertiary/aromatic N) is 1. The molecule has 0 aliphatic carbocycles. The van der Waals surface area contributed by atoms with Crippen LogP contribution in [-0.2, 0) is 0 Å². The monoisotopic (exact) mass is 170 g/mol. The van der Waals surface area contributed by atoms with E-state index in [1.165, 1.54) is 26.1 Å². The molecular formula is C10H22N2. The highest BCUT2D eigenvalue weighted by molar-refractivity contribution is 4.85. The van der Waals surface area contributed by atoms with E-state index in [2.05, 4.69) is 37.9 Å². The molecule has 1 N–H and O–H groups in total. The average molecular weight is 170 g/mol. The summed E-state index contributed by atoms with van der Waals surface area (Å²) in [5.74, 6) is 0. The van der Waals surface area contributed by atoms with Crippen molar-refractivity contribution in [3.8, 4) is 0 Å². The Morgan fingerprint density at radius 1 is 1.42 bits per heavy atom. The molecule has 2 heteroatoms. The van der Waals surface area contributed by atoms with E-state index in [0.29, 0.717) is 6.04 Å². The van der Waals surface area contributed by atoms with Crippen molar-refractivity contribution in [3.05, 3.63) is 0 Å². The van der Waals surface area contributed by atoms with Gasteiger partial charge in [-0.15, -0.1) is 0 Å². The van der Waals surface area contributed by atoms with Crippen molar-refractivity contribution in [1.82, 2.24) is 10.2 Å². The van der Waals surface area contributed by atoms with Gasteiger partial charge < -0.3 is 10.2 Å². The van der Waals surface area contributed by atoms with Crippen LogP contribution in [0.1, 0.15) is 34.1 Å². The maximum Gasteiger partial charge on any atom is 0.0212 e. The highest BCUT2D eigenvalue weighted by atomic mass is 15.2. The van der Waals surface area contributed by atoms with Crippen molar-refractivity contribution in [3.63, 3.8) is 0 Å². The lowest BCUT2D eigenvalue weighted by molar-refractivity contribution is 0.319. The van der Waals surface area contributed by atoms with Gasteiger partial charge in [0.25, 0.3) is 0 Å². The predicted octanol–water partition coefficient (Wildman–Crippen LogP) is 1.47. The Bertz CT molecular complexity index is 137. The molecule has 0 radical (unpaired) electrons. The summed E-state index contributed by atoms with van der Waals surface area (Å²) in [7, 11) is 0. The predicted molar refractivity (Wildman–Crippen MR) is 53.4 cm³/mol. The molecule has 1 heterocycles. The third-order valence-electron chi connectivity index (χ3n) is 2.36. The van der Waals surface area contributed by atoms with Crippen LogP contribution in [0.5, 0.6) is 0 Å². The van der Waals surface area contributed by atoms with E-state index < -0.39 is 0 Å². The fraction of sp³-hybridized carbons (Fsp3) is 1.00. The van der Waals surface area contributed by atoms with Crippen molar-refractivity contribution >= 4 is 0 Å². The fourth-order valence-electron chi connectivity index (χ4n) is 1.85. The second kappa shape index (κ2) is 3.75. The van der Waals surface area contributed by atoms with Crippen LogP contribution < -0.4 is 5.32 Å². The molecule has 0 aromatic carbocycles. The first kappa shape index (κ1) is 10.0. The molecule has 0 bridgehead atoms. The lowest BCUT2D eigenvalue weighted by atomic mass is 10.1. The van der Waals surface area contributed by atoms with Crippen LogP contribution in [0, 0.1) is 0 Å². The Morgan fingerprint density at radius 3 is 2.50 bits per heavy atom. The zero-order valence-electron chi connectivity index (χ0n) is 8.85. The van der Waals surface area contributed by atoms with Gasteiger partial charge in [0, 0.05) is 18.1 Å². The summed E-state index contributed by atoms with van der Waals surface area (Å²) in [6, 6.07) is 0.713. The zero-order chi connectivity index (χ0) is 9.19. The van der Waals surface area contributed by atoms with Gasteiger partial charge in [0.1, 0.15) is 0 Å². The number of likely N-dealkylation sites (tertiary alicyclic amines) is 1. The molecule has 1 saturated heterocycles. The molecule has 2 nitrogen and oxygen atoms in total. The molecule has 0 aromatic heterocycles. The van der Waals surface area contributed by atoms with E-state index in [1.807, 2.05) is 0 Å². The number of likely N-dealkylation sites (N-methyl/N-ethyl adjacent to an activating group) is 1. The molecule has 1 atom stereocenters. The summed E-state index contributed by atoms with van der Waals surface area (Å²) in [5, 5.41) is 3.64. The lowest BCUT2D eigenvalue weighted by Crippen LogP contribution is -2.44. The third-order valence-corrected chi connectivity index (χ3v) is 2.36. The summed E-state index contributed by atoms with van der Waals surface area (Å²) in [6.07, 6.45) is 1.31. The molecule has 1 aliphatic heterocycles.